The van der Waals surface area contributed by atoms with E-state index in [2.05, 4.69) is 34.0 Å². The number of sulfone groups is 1. The second kappa shape index (κ2) is 8.70. The Kier molecular flexibility index (Phi) is 6.01. The first kappa shape index (κ1) is 20.8. The fourth-order valence-electron chi connectivity index (χ4n) is 4.24. The SMILES string of the molecule is Cc1c(CN2CCC[C@H](c3ncccc3S(C)(=O)=O)C2)cnn1Cc1ccccc1. The van der Waals surface area contributed by atoms with Gasteiger partial charge in [0.2, 0.25) is 0 Å². The Labute approximate surface area is 178 Å². The zero-order valence-corrected chi connectivity index (χ0v) is 18.3. The second-order valence-corrected chi connectivity index (χ2v) is 10.1. The molecule has 4 rings (SSSR count). The van der Waals surface area contributed by atoms with E-state index >= 15 is 0 Å². The van der Waals surface area contributed by atoms with Gasteiger partial charge < -0.3 is 0 Å². The van der Waals surface area contributed by atoms with Gasteiger partial charge in [0.05, 0.1) is 23.3 Å². The summed E-state index contributed by atoms with van der Waals surface area (Å²) in [6.07, 6.45) is 6.91. The molecular weight excluding hydrogens is 396 g/mol. The van der Waals surface area contributed by atoms with Crippen LogP contribution in [-0.2, 0) is 22.9 Å². The molecule has 6 nitrogen and oxygen atoms in total. The molecule has 30 heavy (non-hydrogen) atoms. The lowest BCUT2D eigenvalue weighted by atomic mass is 9.94. The third kappa shape index (κ3) is 4.63. The van der Waals surface area contributed by atoms with Crippen LogP contribution < -0.4 is 0 Å². The van der Waals surface area contributed by atoms with Crippen molar-refractivity contribution in [3.05, 3.63) is 77.4 Å². The topological polar surface area (TPSA) is 68.1 Å². The lowest BCUT2D eigenvalue weighted by Gasteiger charge is -2.33. The minimum atomic E-state index is -3.29. The molecule has 0 spiro atoms. The first-order chi connectivity index (χ1) is 14.4. The minimum absolute atomic E-state index is 0.129. The number of hydrogen-bond acceptors (Lipinski definition) is 5. The van der Waals surface area contributed by atoms with Gasteiger partial charge in [0, 0.05) is 42.7 Å². The van der Waals surface area contributed by atoms with Crippen LogP contribution in [0.5, 0.6) is 0 Å². The number of likely N-dealkylation sites (tertiary alicyclic amines) is 1. The maximum absolute atomic E-state index is 12.2. The van der Waals surface area contributed by atoms with Gasteiger partial charge in [-0.05, 0) is 44.0 Å². The van der Waals surface area contributed by atoms with E-state index in [1.807, 2.05) is 29.1 Å². The van der Waals surface area contributed by atoms with E-state index in [1.165, 1.54) is 23.1 Å². The standard InChI is InChI=1S/C23H28N4O2S/c1-18-21(14-25-27(18)15-19-8-4-3-5-9-19)17-26-13-7-10-20(16-26)23-22(30(2,28)29)11-6-12-24-23/h3-6,8-9,11-12,14,20H,7,10,13,15-17H2,1-2H3/t20-/m0/s1. The molecule has 1 saturated heterocycles. The lowest BCUT2D eigenvalue weighted by Crippen LogP contribution is -2.34. The normalized spacial score (nSPS) is 17.9. The molecule has 1 fully saturated rings. The summed E-state index contributed by atoms with van der Waals surface area (Å²) in [5.41, 5.74) is 4.34. The van der Waals surface area contributed by atoms with Gasteiger partial charge in [-0.25, -0.2) is 8.42 Å². The zero-order valence-electron chi connectivity index (χ0n) is 17.5. The van der Waals surface area contributed by atoms with Crippen LogP contribution in [0.15, 0.2) is 59.8 Å². The number of nitrogens with zero attached hydrogens (tertiary/aromatic N) is 4. The van der Waals surface area contributed by atoms with Crippen LogP contribution in [-0.4, -0.2) is 47.4 Å². The summed E-state index contributed by atoms with van der Waals surface area (Å²) in [5.74, 6) is 0.129. The van der Waals surface area contributed by atoms with Gasteiger partial charge in [0.25, 0.3) is 0 Å². The number of rotatable bonds is 6. The average molecular weight is 425 g/mol. The number of piperidine rings is 1. The Balaban J connectivity index is 1.48. The van der Waals surface area contributed by atoms with Gasteiger partial charge in [-0.15, -0.1) is 0 Å². The van der Waals surface area contributed by atoms with Crippen LogP contribution in [0, 0.1) is 6.92 Å². The van der Waals surface area contributed by atoms with Crippen LogP contribution in [0.25, 0.3) is 0 Å². The van der Waals surface area contributed by atoms with Gasteiger partial charge >= 0.3 is 0 Å². The smallest absolute Gasteiger partial charge is 0.177 e. The average Bonchev–Trinajstić information content (AvgIpc) is 3.08. The van der Waals surface area contributed by atoms with Gasteiger partial charge in [0.15, 0.2) is 9.84 Å². The van der Waals surface area contributed by atoms with Crippen LogP contribution in [0.3, 0.4) is 0 Å². The fraction of sp³-hybridized carbons (Fsp3) is 0.391. The van der Waals surface area contributed by atoms with Gasteiger partial charge in [-0.3, -0.25) is 14.6 Å². The van der Waals surface area contributed by atoms with Crippen molar-refractivity contribution in [2.24, 2.45) is 0 Å². The van der Waals surface area contributed by atoms with Crippen molar-refractivity contribution in [3.63, 3.8) is 0 Å². The molecule has 0 saturated carbocycles. The molecule has 158 valence electrons. The van der Waals surface area contributed by atoms with Crippen molar-refractivity contribution in [2.45, 2.75) is 43.7 Å². The molecule has 3 aromatic rings. The van der Waals surface area contributed by atoms with E-state index in [0.29, 0.717) is 10.6 Å². The molecule has 1 aliphatic rings. The Morgan fingerprint density at radius 3 is 2.67 bits per heavy atom. The van der Waals surface area contributed by atoms with Crippen molar-refractivity contribution in [1.82, 2.24) is 19.7 Å². The third-order valence-corrected chi connectivity index (χ3v) is 7.01. The third-order valence-electron chi connectivity index (χ3n) is 5.87. The minimum Gasteiger partial charge on any atom is -0.298 e. The van der Waals surface area contributed by atoms with E-state index < -0.39 is 9.84 Å². The summed E-state index contributed by atoms with van der Waals surface area (Å²) >= 11 is 0. The van der Waals surface area contributed by atoms with E-state index in [9.17, 15) is 8.42 Å². The molecule has 0 radical (unpaired) electrons. The maximum atomic E-state index is 12.2. The Morgan fingerprint density at radius 2 is 1.90 bits per heavy atom. The summed E-state index contributed by atoms with van der Waals surface area (Å²) in [7, 11) is -3.29. The van der Waals surface area contributed by atoms with Crippen LogP contribution in [0.2, 0.25) is 0 Å². The molecule has 1 aromatic carbocycles. The zero-order chi connectivity index (χ0) is 21.1. The van der Waals surface area contributed by atoms with Gasteiger partial charge in [0.1, 0.15) is 0 Å². The summed E-state index contributed by atoms with van der Waals surface area (Å²) in [6, 6.07) is 13.7. The van der Waals surface area contributed by atoms with Crippen molar-refractivity contribution in [2.75, 3.05) is 19.3 Å². The summed E-state index contributed by atoms with van der Waals surface area (Å²) < 4.78 is 26.5. The Bertz CT molecular complexity index is 1110. The van der Waals surface area contributed by atoms with Crippen LogP contribution in [0.4, 0.5) is 0 Å². The molecule has 1 atom stereocenters. The number of benzene rings is 1. The monoisotopic (exact) mass is 424 g/mol. The quantitative estimate of drug-likeness (QED) is 0.607. The number of pyridine rings is 1. The fourth-order valence-corrected chi connectivity index (χ4v) is 5.17. The number of hydrogen-bond donors (Lipinski definition) is 0. The Morgan fingerprint density at radius 1 is 1.10 bits per heavy atom. The highest BCUT2D eigenvalue weighted by Crippen LogP contribution is 2.30. The highest BCUT2D eigenvalue weighted by Gasteiger charge is 2.27. The molecule has 0 amide bonds. The predicted octanol–water partition coefficient (Wildman–Crippen LogP) is 3.42. The molecular formula is C23H28N4O2S. The molecule has 1 aliphatic heterocycles. The molecule has 0 N–H and O–H groups in total. The molecule has 0 bridgehead atoms. The van der Waals surface area contributed by atoms with E-state index in [0.717, 1.165) is 39.0 Å². The molecule has 3 heterocycles. The van der Waals surface area contributed by atoms with E-state index in [1.54, 1.807) is 18.3 Å². The molecule has 2 aromatic heterocycles. The van der Waals surface area contributed by atoms with Gasteiger partial charge in [-0.1, -0.05) is 30.3 Å². The predicted molar refractivity (Wildman–Crippen MR) is 117 cm³/mol. The summed E-state index contributed by atoms with van der Waals surface area (Å²) in [4.78, 5) is 7.22. The number of aromatic nitrogens is 3. The maximum Gasteiger partial charge on any atom is 0.177 e. The highest BCUT2D eigenvalue weighted by molar-refractivity contribution is 7.90. The van der Waals surface area contributed by atoms with Crippen molar-refractivity contribution >= 4 is 9.84 Å². The van der Waals surface area contributed by atoms with E-state index in [4.69, 9.17) is 0 Å². The first-order valence-corrected chi connectivity index (χ1v) is 12.2. The highest BCUT2D eigenvalue weighted by atomic mass is 32.2. The van der Waals surface area contributed by atoms with E-state index in [-0.39, 0.29) is 5.92 Å². The lowest BCUT2D eigenvalue weighted by molar-refractivity contribution is 0.197. The Hall–Kier alpha value is -2.51. The largest absolute Gasteiger partial charge is 0.298 e. The molecule has 0 aliphatic carbocycles. The first-order valence-electron chi connectivity index (χ1n) is 10.3. The van der Waals surface area contributed by atoms with Crippen molar-refractivity contribution in [1.29, 1.82) is 0 Å². The second-order valence-electron chi connectivity index (χ2n) is 8.13. The molecule has 0 unspecified atom stereocenters. The van der Waals surface area contributed by atoms with Crippen molar-refractivity contribution in [3.8, 4) is 0 Å². The van der Waals surface area contributed by atoms with Crippen LogP contribution in [0.1, 0.15) is 41.3 Å². The van der Waals surface area contributed by atoms with Crippen LogP contribution >= 0.6 is 0 Å². The van der Waals surface area contributed by atoms with Crippen molar-refractivity contribution < 1.29 is 8.42 Å². The molecule has 7 heteroatoms. The summed E-state index contributed by atoms with van der Waals surface area (Å²) in [6.45, 7) is 5.51. The summed E-state index contributed by atoms with van der Waals surface area (Å²) in [5, 5.41) is 4.60. The van der Waals surface area contributed by atoms with Gasteiger partial charge in [-0.2, -0.15) is 5.10 Å².